The van der Waals surface area contributed by atoms with E-state index in [0.29, 0.717) is 17.1 Å². The number of carbonyl (C=O) groups excluding carboxylic acids is 1. The minimum Gasteiger partial charge on any atom is -0.292 e. The van der Waals surface area contributed by atoms with Gasteiger partial charge in [0.25, 0.3) is 0 Å². The first-order valence-electron chi connectivity index (χ1n) is 4.95. The van der Waals surface area contributed by atoms with Crippen LogP contribution in [0.25, 0.3) is 0 Å². The van der Waals surface area contributed by atoms with E-state index in [2.05, 4.69) is 4.98 Å². The second kappa shape index (κ2) is 4.90. The Labute approximate surface area is 98.9 Å². The fourth-order valence-electron chi connectivity index (χ4n) is 1.46. The molecule has 2 nitrogen and oxygen atoms in total. The van der Waals surface area contributed by atoms with Crippen molar-refractivity contribution in [2.24, 2.45) is 0 Å². The van der Waals surface area contributed by atoms with Crippen molar-refractivity contribution in [1.29, 1.82) is 0 Å². The van der Waals surface area contributed by atoms with E-state index in [-0.39, 0.29) is 5.78 Å². The molecule has 16 heavy (non-hydrogen) atoms. The first kappa shape index (κ1) is 10.8. The van der Waals surface area contributed by atoms with Gasteiger partial charge in [-0.2, -0.15) is 0 Å². The van der Waals surface area contributed by atoms with Crippen molar-refractivity contribution in [2.45, 2.75) is 6.42 Å². The van der Waals surface area contributed by atoms with E-state index < -0.39 is 0 Å². The van der Waals surface area contributed by atoms with Crippen molar-refractivity contribution < 1.29 is 4.79 Å². The summed E-state index contributed by atoms with van der Waals surface area (Å²) in [6, 6.07) is 12.9. The van der Waals surface area contributed by atoms with Crippen LogP contribution >= 0.6 is 11.6 Å². The highest BCUT2D eigenvalue weighted by atomic mass is 35.5. The Morgan fingerprint density at radius 1 is 1.12 bits per heavy atom. The number of nitrogens with zero attached hydrogens (tertiary/aromatic N) is 1. The van der Waals surface area contributed by atoms with E-state index in [0.717, 1.165) is 5.56 Å². The highest BCUT2D eigenvalue weighted by Gasteiger charge is 2.11. The zero-order chi connectivity index (χ0) is 11.4. The summed E-state index contributed by atoms with van der Waals surface area (Å²) < 4.78 is 0. The smallest absolute Gasteiger partial charge is 0.187 e. The van der Waals surface area contributed by atoms with E-state index in [1.165, 1.54) is 0 Å². The summed E-state index contributed by atoms with van der Waals surface area (Å²) in [5.41, 5.74) is 1.31. The fraction of sp³-hybridized carbons (Fsp3) is 0.0769. The Morgan fingerprint density at radius 2 is 1.88 bits per heavy atom. The second-order valence-electron chi connectivity index (χ2n) is 3.42. The number of pyridine rings is 1. The molecule has 80 valence electrons. The van der Waals surface area contributed by atoms with Crippen molar-refractivity contribution in [3.05, 3.63) is 64.9 Å². The number of hydrogen-bond acceptors (Lipinski definition) is 2. The van der Waals surface area contributed by atoms with Crippen molar-refractivity contribution >= 4 is 17.4 Å². The number of rotatable bonds is 3. The molecule has 0 aliphatic heterocycles. The Morgan fingerprint density at radius 3 is 2.56 bits per heavy atom. The quantitative estimate of drug-likeness (QED) is 0.760. The van der Waals surface area contributed by atoms with Gasteiger partial charge < -0.3 is 0 Å². The Hall–Kier alpha value is -1.67. The molecule has 0 saturated heterocycles. The van der Waals surface area contributed by atoms with Crippen LogP contribution in [0.15, 0.2) is 48.7 Å². The maximum Gasteiger partial charge on any atom is 0.187 e. The lowest BCUT2D eigenvalue weighted by Gasteiger charge is -2.02. The van der Waals surface area contributed by atoms with Crippen LogP contribution in [0.1, 0.15) is 16.1 Å². The third-order valence-electron chi connectivity index (χ3n) is 2.23. The van der Waals surface area contributed by atoms with E-state index in [1.807, 2.05) is 30.3 Å². The van der Waals surface area contributed by atoms with Crippen molar-refractivity contribution in [1.82, 2.24) is 4.98 Å². The number of benzene rings is 1. The third-order valence-corrected chi connectivity index (χ3v) is 2.54. The van der Waals surface area contributed by atoms with Crippen molar-refractivity contribution in [3.63, 3.8) is 0 Å². The maximum absolute atomic E-state index is 11.9. The predicted molar refractivity (Wildman–Crippen MR) is 63.7 cm³/mol. The van der Waals surface area contributed by atoms with E-state index in [9.17, 15) is 4.79 Å². The molecule has 0 radical (unpaired) electrons. The molecule has 0 unspecified atom stereocenters. The molecular formula is C13H10ClNO. The van der Waals surface area contributed by atoms with Crippen molar-refractivity contribution in [2.75, 3.05) is 0 Å². The molecule has 0 aliphatic carbocycles. The average molecular weight is 232 g/mol. The summed E-state index contributed by atoms with van der Waals surface area (Å²) in [5.74, 6) is -0.0585. The molecule has 0 saturated carbocycles. The lowest BCUT2D eigenvalue weighted by Crippen LogP contribution is -2.06. The fourth-order valence-corrected chi connectivity index (χ4v) is 1.68. The lowest BCUT2D eigenvalue weighted by atomic mass is 10.1. The van der Waals surface area contributed by atoms with Crippen LogP contribution in [0.5, 0.6) is 0 Å². The van der Waals surface area contributed by atoms with Crippen LogP contribution in [0.2, 0.25) is 5.02 Å². The molecule has 1 aromatic carbocycles. The molecule has 0 bridgehead atoms. The van der Waals surface area contributed by atoms with E-state index >= 15 is 0 Å². The van der Waals surface area contributed by atoms with Gasteiger partial charge in [0.05, 0.1) is 5.02 Å². The number of hydrogen-bond donors (Lipinski definition) is 0. The first-order chi connectivity index (χ1) is 7.77. The minimum absolute atomic E-state index is 0.0585. The zero-order valence-electron chi connectivity index (χ0n) is 8.56. The van der Waals surface area contributed by atoms with E-state index in [1.54, 1.807) is 18.3 Å². The Balaban J connectivity index is 2.19. The Kier molecular flexibility index (Phi) is 3.32. The standard InChI is InChI=1S/C13H10ClNO/c14-11-7-4-8-15-13(11)12(16)9-10-5-2-1-3-6-10/h1-8H,9H2. The van der Waals surface area contributed by atoms with Crippen LogP contribution < -0.4 is 0 Å². The summed E-state index contributed by atoms with van der Waals surface area (Å²) in [5, 5.41) is 0.406. The summed E-state index contributed by atoms with van der Waals surface area (Å²) in [4.78, 5) is 15.9. The van der Waals surface area contributed by atoms with Crippen LogP contribution in [0, 0.1) is 0 Å². The van der Waals surface area contributed by atoms with Gasteiger partial charge in [-0.25, -0.2) is 0 Å². The van der Waals surface area contributed by atoms with Gasteiger partial charge in [-0.15, -0.1) is 0 Å². The van der Waals surface area contributed by atoms with Gasteiger partial charge >= 0.3 is 0 Å². The average Bonchev–Trinajstić information content (AvgIpc) is 2.31. The van der Waals surface area contributed by atoms with Crippen LogP contribution in [-0.4, -0.2) is 10.8 Å². The molecule has 0 fully saturated rings. The molecule has 0 aliphatic rings. The minimum atomic E-state index is -0.0585. The topological polar surface area (TPSA) is 30.0 Å². The van der Waals surface area contributed by atoms with Gasteiger partial charge in [0.15, 0.2) is 5.78 Å². The SMILES string of the molecule is O=C(Cc1ccccc1)c1ncccc1Cl. The predicted octanol–water partition coefficient (Wildman–Crippen LogP) is 3.16. The Bertz CT molecular complexity index is 496. The molecule has 0 amide bonds. The largest absolute Gasteiger partial charge is 0.292 e. The number of aromatic nitrogens is 1. The molecular weight excluding hydrogens is 222 g/mol. The van der Waals surface area contributed by atoms with Gasteiger partial charge in [0.2, 0.25) is 0 Å². The third kappa shape index (κ3) is 2.47. The molecule has 2 aromatic rings. The van der Waals surface area contributed by atoms with Gasteiger partial charge in [-0.3, -0.25) is 9.78 Å². The molecule has 1 heterocycles. The summed E-state index contributed by atoms with van der Waals surface area (Å²) in [6.07, 6.45) is 1.90. The summed E-state index contributed by atoms with van der Waals surface area (Å²) >= 11 is 5.90. The maximum atomic E-state index is 11.9. The molecule has 0 atom stereocenters. The van der Waals surface area contributed by atoms with Crippen molar-refractivity contribution in [3.8, 4) is 0 Å². The molecule has 2 rings (SSSR count). The number of ketones is 1. The molecule has 0 N–H and O–H groups in total. The van der Waals surface area contributed by atoms with Crippen LogP contribution in [-0.2, 0) is 6.42 Å². The first-order valence-corrected chi connectivity index (χ1v) is 5.33. The molecule has 1 aromatic heterocycles. The second-order valence-corrected chi connectivity index (χ2v) is 3.83. The zero-order valence-corrected chi connectivity index (χ0v) is 9.32. The molecule has 0 spiro atoms. The van der Waals surface area contributed by atoms with Crippen LogP contribution in [0.4, 0.5) is 0 Å². The van der Waals surface area contributed by atoms with Crippen LogP contribution in [0.3, 0.4) is 0 Å². The number of Topliss-reactive ketones (excluding diaryl/α,β-unsaturated/α-hetero) is 1. The highest BCUT2D eigenvalue weighted by Crippen LogP contribution is 2.14. The number of halogens is 1. The summed E-state index contributed by atoms with van der Waals surface area (Å²) in [6.45, 7) is 0. The monoisotopic (exact) mass is 231 g/mol. The normalized spacial score (nSPS) is 10.1. The highest BCUT2D eigenvalue weighted by molar-refractivity contribution is 6.33. The van der Waals surface area contributed by atoms with Gasteiger partial charge in [-0.05, 0) is 17.7 Å². The summed E-state index contributed by atoms with van der Waals surface area (Å²) in [7, 11) is 0. The lowest BCUT2D eigenvalue weighted by molar-refractivity contribution is 0.0988. The van der Waals surface area contributed by atoms with Gasteiger partial charge in [0, 0.05) is 12.6 Å². The van der Waals surface area contributed by atoms with Gasteiger partial charge in [-0.1, -0.05) is 41.9 Å². The van der Waals surface area contributed by atoms with Gasteiger partial charge in [0.1, 0.15) is 5.69 Å². The van der Waals surface area contributed by atoms with E-state index in [4.69, 9.17) is 11.6 Å². The molecule has 3 heteroatoms. The number of carbonyl (C=O) groups is 1.